The second-order valence-electron chi connectivity index (χ2n) is 6.25. The van der Waals surface area contributed by atoms with E-state index in [0.29, 0.717) is 35.0 Å². The van der Waals surface area contributed by atoms with Crippen molar-refractivity contribution in [2.45, 2.75) is 12.5 Å². The molecule has 0 unspecified atom stereocenters. The lowest BCUT2D eigenvalue weighted by Gasteiger charge is -2.32. The summed E-state index contributed by atoms with van der Waals surface area (Å²) in [6, 6.07) is 6.43. The van der Waals surface area contributed by atoms with Crippen LogP contribution >= 0.6 is 0 Å². The minimum absolute atomic E-state index is 0.183. The summed E-state index contributed by atoms with van der Waals surface area (Å²) in [4.78, 5) is 0. The molecule has 146 valence electrons. The van der Waals surface area contributed by atoms with Gasteiger partial charge in [0.05, 0.1) is 46.7 Å². The number of fused-ring (bicyclic) bond motifs is 1. The van der Waals surface area contributed by atoms with Crippen LogP contribution in [0.3, 0.4) is 0 Å². The average Bonchev–Trinajstić information content (AvgIpc) is 2.68. The van der Waals surface area contributed by atoms with E-state index in [1.165, 1.54) is 34.5 Å². The highest BCUT2D eigenvalue weighted by atomic mass is 19.1. The van der Waals surface area contributed by atoms with Crippen molar-refractivity contribution in [3.8, 4) is 28.7 Å². The molecule has 0 saturated carbocycles. The smallest absolute Gasteiger partial charge is 0.203 e. The van der Waals surface area contributed by atoms with Gasteiger partial charge in [-0.15, -0.1) is 0 Å². The third-order valence-corrected chi connectivity index (χ3v) is 4.74. The molecule has 0 saturated heterocycles. The molecular formula is C20H23FO6. The zero-order chi connectivity index (χ0) is 19.6. The molecule has 0 aliphatic carbocycles. The molecule has 0 amide bonds. The Morgan fingerprint density at radius 1 is 1.00 bits per heavy atom. The fourth-order valence-corrected chi connectivity index (χ4v) is 3.39. The van der Waals surface area contributed by atoms with Crippen molar-refractivity contribution in [2.24, 2.45) is 5.92 Å². The first-order valence-electron chi connectivity index (χ1n) is 8.50. The van der Waals surface area contributed by atoms with Crippen molar-refractivity contribution in [2.75, 3.05) is 35.0 Å². The van der Waals surface area contributed by atoms with Gasteiger partial charge in [-0.05, 0) is 24.1 Å². The van der Waals surface area contributed by atoms with Crippen molar-refractivity contribution < 1.29 is 33.2 Å². The van der Waals surface area contributed by atoms with Gasteiger partial charge in [0.15, 0.2) is 23.1 Å². The van der Waals surface area contributed by atoms with E-state index in [0.717, 1.165) is 5.56 Å². The lowest BCUT2D eigenvalue weighted by atomic mass is 9.87. The van der Waals surface area contributed by atoms with E-state index < -0.39 is 11.9 Å². The molecule has 2 atom stereocenters. The Bertz CT molecular complexity index is 823. The number of methoxy groups -OCH3 is 4. The lowest BCUT2D eigenvalue weighted by Crippen LogP contribution is -2.28. The van der Waals surface area contributed by atoms with Crippen molar-refractivity contribution in [3.05, 3.63) is 41.2 Å². The van der Waals surface area contributed by atoms with Gasteiger partial charge < -0.3 is 28.8 Å². The summed E-state index contributed by atoms with van der Waals surface area (Å²) >= 11 is 0. The highest BCUT2D eigenvalue weighted by molar-refractivity contribution is 5.63. The largest absolute Gasteiger partial charge is 0.494 e. The second-order valence-corrected chi connectivity index (χ2v) is 6.25. The number of aliphatic hydroxyl groups excluding tert-OH is 1. The Morgan fingerprint density at radius 3 is 2.30 bits per heavy atom. The summed E-state index contributed by atoms with van der Waals surface area (Å²) in [7, 11) is 5.93. The molecular weight excluding hydrogens is 355 g/mol. The first-order valence-corrected chi connectivity index (χ1v) is 8.50. The van der Waals surface area contributed by atoms with Gasteiger partial charge >= 0.3 is 0 Å². The van der Waals surface area contributed by atoms with Crippen LogP contribution in [-0.2, 0) is 6.42 Å². The number of hydrogen-bond acceptors (Lipinski definition) is 6. The molecule has 1 heterocycles. The molecule has 2 aromatic rings. The highest BCUT2D eigenvalue weighted by Gasteiger charge is 2.35. The van der Waals surface area contributed by atoms with Crippen molar-refractivity contribution in [3.63, 3.8) is 0 Å². The molecule has 1 N–H and O–H groups in total. The third kappa shape index (κ3) is 3.47. The Morgan fingerprint density at radius 2 is 1.70 bits per heavy atom. The normalized spacial score (nSPS) is 18.3. The molecule has 27 heavy (non-hydrogen) atoms. The lowest BCUT2D eigenvalue weighted by molar-refractivity contribution is 0.0476. The van der Waals surface area contributed by atoms with Crippen LogP contribution in [0.4, 0.5) is 4.39 Å². The van der Waals surface area contributed by atoms with E-state index in [4.69, 9.17) is 23.7 Å². The van der Waals surface area contributed by atoms with E-state index >= 15 is 0 Å². The monoisotopic (exact) mass is 378 g/mol. The van der Waals surface area contributed by atoms with Gasteiger partial charge in [0.1, 0.15) is 5.75 Å². The molecule has 0 bridgehead atoms. The van der Waals surface area contributed by atoms with E-state index in [1.807, 2.05) is 0 Å². The maximum atomic E-state index is 14.0. The predicted molar refractivity (Wildman–Crippen MR) is 96.7 cm³/mol. The number of halogens is 1. The summed E-state index contributed by atoms with van der Waals surface area (Å²) in [6.07, 6.45) is -0.437. The van der Waals surface area contributed by atoms with E-state index in [-0.39, 0.29) is 18.3 Å². The Labute approximate surface area is 157 Å². The van der Waals surface area contributed by atoms with Crippen molar-refractivity contribution in [1.29, 1.82) is 0 Å². The zero-order valence-corrected chi connectivity index (χ0v) is 15.7. The van der Waals surface area contributed by atoms with Gasteiger partial charge in [0, 0.05) is 12.0 Å². The van der Waals surface area contributed by atoms with Gasteiger partial charge in [-0.2, -0.15) is 0 Å². The summed E-state index contributed by atoms with van der Waals surface area (Å²) in [5.41, 5.74) is 1.24. The van der Waals surface area contributed by atoms with Crippen LogP contribution in [0.2, 0.25) is 0 Å². The van der Waals surface area contributed by atoms with Gasteiger partial charge in [-0.3, -0.25) is 0 Å². The minimum Gasteiger partial charge on any atom is -0.494 e. The molecule has 2 aromatic carbocycles. The number of benzene rings is 2. The Kier molecular flexibility index (Phi) is 5.60. The van der Waals surface area contributed by atoms with Gasteiger partial charge in [-0.1, -0.05) is 6.07 Å². The van der Waals surface area contributed by atoms with Crippen LogP contribution in [0.15, 0.2) is 24.3 Å². The summed E-state index contributed by atoms with van der Waals surface area (Å²) < 4.78 is 40.9. The minimum atomic E-state index is -0.867. The molecule has 0 radical (unpaired) electrons. The number of hydrogen-bond donors (Lipinski definition) is 1. The van der Waals surface area contributed by atoms with Crippen molar-refractivity contribution in [1.82, 2.24) is 0 Å². The first kappa shape index (κ1) is 19.1. The average molecular weight is 378 g/mol. The third-order valence-electron chi connectivity index (χ3n) is 4.74. The number of ether oxygens (including phenoxy) is 5. The Hall–Kier alpha value is -2.67. The maximum Gasteiger partial charge on any atom is 0.203 e. The number of rotatable bonds is 6. The predicted octanol–water partition coefficient (Wildman–Crippen LogP) is 3.14. The summed E-state index contributed by atoms with van der Waals surface area (Å²) in [5, 5.41) is 11.0. The van der Waals surface area contributed by atoms with Crippen LogP contribution < -0.4 is 23.7 Å². The van der Waals surface area contributed by atoms with E-state index in [2.05, 4.69) is 0 Å². The molecule has 6 nitrogen and oxygen atoms in total. The molecule has 0 spiro atoms. The van der Waals surface area contributed by atoms with Crippen molar-refractivity contribution >= 4 is 0 Å². The molecule has 3 rings (SSSR count). The van der Waals surface area contributed by atoms with Gasteiger partial charge in [-0.25, -0.2) is 4.39 Å². The number of aliphatic hydroxyl groups is 1. The standard InChI is InChI=1S/C20H23FO6/c1-23-14-6-5-11(8-13(14)21)7-12-10-27-15-9-16(24-2)19(25-3)20(26-4)17(15)18(12)22/h5-6,8-9,12,18,22H,7,10H2,1-4H3/t12-,18-/m0/s1. The summed E-state index contributed by atoms with van der Waals surface area (Å²) in [6.45, 7) is 0.278. The SMILES string of the molecule is COc1ccc(C[C@H]2COc3cc(OC)c(OC)c(OC)c3[C@H]2O)cc1F. The van der Waals surface area contributed by atoms with Crippen LogP contribution in [-0.4, -0.2) is 40.2 Å². The maximum absolute atomic E-state index is 14.0. The summed E-state index contributed by atoms with van der Waals surface area (Å²) in [5.74, 6) is 1.15. The molecule has 7 heteroatoms. The Balaban J connectivity index is 1.93. The second kappa shape index (κ2) is 7.92. The van der Waals surface area contributed by atoms with Crippen LogP contribution in [0.5, 0.6) is 28.7 Å². The molecule has 1 aliphatic rings. The fourth-order valence-electron chi connectivity index (χ4n) is 3.39. The van der Waals surface area contributed by atoms with E-state index in [1.54, 1.807) is 18.2 Å². The molecule has 0 aromatic heterocycles. The van der Waals surface area contributed by atoms with Gasteiger partial charge in [0.2, 0.25) is 5.75 Å². The van der Waals surface area contributed by atoms with Gasteiger partial charge in [0.25, 0.3) is 0 Å². The fraction of sp³-hybridized carbons (Fsp3) is 0.400. The first-order chi connectivity index (χ1) is 13.0. The van der Waals surface area contributed by atoms with Crippen LogP contribution in [0.1, 0.15) is 17.2 Å². The van der Waals surface area contributed by atoms with E-state index in [9.17, 15) is 9.50 Å². The zero-order valence-electron chi connectivity index (χ0n) is 15.7. The van der Waals surface area contributed by atoms with Crippen LogP contribution in [0, 0.1) is 11.7 Å². The quantitative estimate of drug-likeness (QED) is 0.833. The topological polar surface area (TPSA) is 66.4 Å². The molecule has 1 aliphatic heterocycles. The van der Waals surface area contributed by atoms with Crippen LogP contribution in [0.25, 0.3) is 0 Å². The molecule has 0 fully saturated rings. The highest BCUT2D eigenvalue weighted by Crippen LogP contribution is 2.51.